The predicted octanol–water partition coefficient (Wildman–Crippen LogP) is 1.21. The van der Waals surface area contributed by atoms with Crippen molar-refractivity contribution < 1.29 is 11.0 Å². The molecule has 0 aromatic rings. The van der Waals surface area contributed by atoms with Crippen LogP contribution in [0.15, 0.2) is 0 Å². The maximum atomic E-state index is 10.9. The van der Waals surface area contributed by atoms with Crippen molar-refractivity contribution in [3.8, 4) is 0 Å². The molecule has 1 fully saturated rings. The van der Waals surface area contributed by atoms with Gasteiger partial charge in [-0.15, -0.1) is 0 Å². The van der Waals surface area contributed by atoms with Crippen molar-refractivity contribution in [3.05, 3.63) is 0 Å². The average molecular weight is 175 g/mol. The fourth-order valence-corrected chi connectivity index (χ4v) is 1.15. The summed E-state index contributed by atoms with van der Waals surface area (Å²) in [6.45, 7) is 6.87. The van der Waals surface area contributed by atoms with Gasteiger partial charge in [0.2, 0.25) is 0 Å². The lowest BCUT2D eigenvalue weighted by molar-refractivity contribution is -0.132. The summed E-state index contributed by atoms with van der Waals surface area (Å²) in [6.07, 6.45) is 0.924. The monoisotopic (exact) mass is 175 g/mol. The first-order valence-electron chi connectivity index (χ1n) is 4.61. The van der Waals surface area contributed by atoms with Gasteiger partial charge < -0.3 is 10.5 Å². The highest BCUT2D eigenvalue weighted by Gasteiger charge is 2.27. The Kier molecular flexibility index (Phi) is 5.93. The SMILES string of the molecule is CC.CCC1COCC(=O)C1N.[HH]. The molecule has 0 amide bonds. The molecule has 0 aromatic carbocycles. The molecule has 0 bridgehead atoms. The summed E-state index contributed by atoms with van der Waals surface area (Å²) < 4.78 is 5.03. The van der Waals surface area contributed by atoms with Crippen molar-refractivity contribution in [1.29, 1.82) is 0 Å². The van der Waals surface area contributed by atoms with Crippen LogP contribution in [0.5, 0.6) is 0 Å². The zero-order valence-electron chi connectivity index (χ0n) is 8.17. The molecule has 74 valence electrons. The minimum Gasteiger partial charge on any atom is -0.373 e. The van der Waals surface area contributed by atoms with E-state index < -0.39 is 0 Å². The van der Waals surface area contributed by atoms with Gasteiger partial charge in [0.05, 0.1) is 12.6 Å². The Morgan fingerprint density at radius 2 is 2.25 bits per heavy atom. The lowest BCUT2D eigenvalue weighted by Crippen LogP contribution is -2.46. The first-order chi connectivity index (χ1) is 5.75. The van der Waals surface area contributed by atoms with E-state index in [1.165, 1.54) is 0 Å². The second-order valence-electron chi connectivity index (χ2n) is 2.68. The van der Waals surface area contributed by atoms with Crippen molar-refractivity contribution in [2.24, 2.45) is 11.7 Å². The summed E-state index contributed by atoms with van der Waals surface area (Å²) in [7, 11) is 0. The quantitative estimate of drug-likeness (QED) is 0.651. The third kappa shape index (κ3) is 2.91. The number of hydrogen-bond donors (Lipinski definition) is 1. The van der Waals surface area contributed by atoms with Crippen LogP contribution in [0.1, 0.15) is 28.6 Å². The molecule has 0 saturated carbocycles. The van der Waals surface area contributed by atoms with Gasteiger partial charge >= 0.3 is 0 Å². The summed E-state index contributed by atoms with van der Waals surface area (Å²) in [5.74, 6) is 0.277. The number of carbonyl (C=O) groups excluding carboxylic acids is 1. The number of nitrogens with two attached hydrogens (primary N) is 1. The highest BCUT2D eigenvalue weighted by molar-refractivity contribution is 5.85. The second kappa shape index (κ2) is 6.14. The molecule has 2 N–H and O–H groups in total. The fraction of sp³-hybridized carbons (Fsp3) is 0.889. The molecule has 1 rings (SSSR count). The van der Waals surface area contributed by atoms with Gasteiger partial charge in [-0.2, -0.15) is 0 Å². The molecule has 1 heterocycles. The molecule has 2 unspecified atom stereocenters. The summed E-state index contributed by atoms with van der Waals surface area (Å²) in [5, 5.41) is 0. The lowest BCUT2D eigenvalue weighted by Gasteiger charge is -2.25. The van der Waals surface area contributed by atoms with Crippen LogP contribution in [-0.2, 0) is 9.53 Å². The molecule has 3 heteroatoms. The minimum atomic E-state index is -0.279. The maximum absolute atomic E-state index is 10.9. The normalized spacial score (nSPS) is 29.2. The number of hydrogen-bond acceptors (Lipinski definition) is 3. The number of ether oxygens (including phenoxy) is 1. The van der Waals surface area contributed by atoms with E-state index in [4.69, 9.17) is 10.5 Å². The standard InChI is InChI=1S/C7H13NO2.C2H6.H2/c1-2-5-3-10-4-6(9)7(5)8;1-2;/h5,7H,2-4,8H2,1H3;1-2H3;1H. The van der Waals surface area contributed by atoms with Crippen LogP contribution < -0.4 is 5.73 Å². The van der Waals surface area contributed by atoms with Crippen LogP contribution in [0.25, 0.3) is 0 Å². The Hall–Kier alpha value is -0.410. The second-order valence-corrected chi connectivity index (χ2v) is 2.68. The van der Waals surface area contributed by atoms with E-state index in [0.717, 1.165) is 6.42 Å². The Bertz CT molecular complexity index is 142. The Morgan fingerprint density at radius 1 is 1.67 bits per heavy atom. The molecule has 1 aliphatic heterocycles. The Morgan fingerprint density at radius 3 is 2.67 bits per heavy atom. The van der Waals surface area contributed by atoms with E-state index in [2.05, 4.69) is 0 Å². The fourth-order valence-electron chi connectivity index (χ4n) is 1.15. The van der Waals surface area contributed by atoms with Gasteiger partial charge in [-0.3, -0.25) is 4.79 Å². The molecule has 3 nitrogen and oxygen atoms in total. The molecule has 1 aliphatic rings. The molecule has 0 radical (unpaired) electrons. The molecule has 2 atom stereocenters. The number of Topliss-reactive ketones (excluding diaryl/α,β-unsaturated/α-hetero) is 1. The van der Waals surface area contributed by atoms with Gasteiger partial charge in [-0.1, -0.05) is 20.8 Å². The average Bonchev–Trinajstić information content (AvgIpc) is 2.13. The molecule has 12 heavy (non-hydrogen) atoms. The van der Waals surface area contributed by atoms with E-state index in [0.29, 0.717) is 6.61 Å². The smallest absolute Gasteiger partial charge is 0.175 e. The van der Waals surface area contributed by atoms with E-state index in [-0.39, 0.29) is 25.8 Å². The van der Waals surface area contributed by atoms with E-state index >= 15 is 0 Å². The van der Waals surface area contributed by atoms with Crippen LogP contribution in [0, 0.1) is 5.92 Å². The summed E-state index contributed by atoms with van der Waals surface area (Å²) in [4.78, 5) is 10.9. The van der Waals surface area contributed by atoms with Gasteiger partial charge in [0.25, 0.3) is 0 Å². The molecule has 0 aromatic heterocycles. The Balaban J connectivity index is 0. The summed E-state index contributed by atoms with van der Waals surface area (Å²) >= 11 is 0. The number of carbonyl (C=O) groups is 1. The van der Waals surface area contributed by atoms with Crippen LogP contribution in [0.3, 0.4) is 0 Å². The summed E-state index contributed by atoms with van der Waals surface area (Å²) in [6, 6.07) is -0.279. The van der Waals surface area contributed by atoms with Gasteiger partial charge in [0, 0.05) is 7.34 Å². The zero-order valence-corrected chi connectivity index (χ0v) is 8.17. The predicted molar refractivity (Wildman–Crippen MR) is 51.0 cm³/mol. The molecular weight excluding hydrogens is 154 g/mol. The van der Waals surface area contributed by atoms with Crippen LogP contribution >= 0.6 is 0 Å². The zero-order chi connectivity index (χ0) is 9.56. The van der Waals surface area contributed by atoms with E-state index in [1.54, 1.807) is 0 Å². The molecule has 0 spiro atoms. The maximum Gasteiger partial charge on any atom is 0.175 e. The van der Waals surface area contributed by atoms with Crippen molar-refractivity contribution in [3.63, 3.8) is 0 Å². The van der Waals surface area contributed by atoms with Crippen LogP contribution in [0.4, 0.5) is 0 Å². The number of rotatable bonds is 1. The first kappa shape index (κ1) is 11.6. The molecule has 0 aliphatic carbocycles. The van der Waals surface area contributed by atoms with Gasteiger partial charge in [0.1, 0.15) is 6.61 Å². The third-order valence-corrected chi connectivity index (χ3v) is 1.98. The topological polar surface area (TPSA) is 52.3 Å². The van der Waals surface area contributed by atoms with Gasteiger partial charge in [-0.25, -0.2) is 0 Å². The van der Waals surface area contributed by atoms with Crippen molar-refractivity contribution in [2.45, 2.75) is 33.2 Å². The van der Waals surface area contributed by atoms with Crippen molar-refractivity contribution in [1.82, 2.24) is 0 Å². The molecule has 1 saturated heterocycles. The summed E-state index contributed by atoms with van der Waals surface area (Å²) in [5.41, 5.74) is 5.60. The number of ketones is 1. The van der Waals surface area contributed by atoms with Crippen molar-refractivity contribution in [2.75, 3.05) is 13.2 Å². The largest absolute Gasteiger partial charge is 0.373 e. The van der Waals surface area contributed by atoms with Gasteiger partial charge in [0.15, 0.2) is 5.78 Å². The van der Waals surface area contributed by atoms with Crippen LogP contribution in [0.2, 0.25) is 0 Å². The van der Waals surface area contributed by atoms with Crippen LogP contribution in [-0.4, -0.2) is 25.0 Å². The molecular formula is C9H21NO2. The van der Waals surface area contributed by atoms with Crippen molar-refractivity contribution >= 4 is 5.78 Å². The highest BCUT2D eigenvalue weighted by atomic mass is 16.5. The van der Waals surface area contributed by atoms with E-state index in [9.17, 15) is 4.79 Å². The first-order valence-corrected chi connectivity index (χ1v) is 4.61. The lowest BCUT2D eigenvalue weighted by atomic mass is 9.93. The Labute approximate surface area is 75.8 Å². The minimum absolute atomic E-state index is 0. The van der Waals surface area contributed by atoms with Gasteiger partial charge in [-0.05, 0) is 6.42 Å². The highest BCUT2D eigenvalue weighted by Crippen LogP contribution is 2.12. The third-order valence-electron chi connectivity index (χ3n) is 1.98. The van der Waals surface area contributed by atoms with E-state index in [1.807, 2.05) is 20.8 Å².